The van der Waals surface area contributed by atoms with Crippen LogP contribution >= 0.6 is 0 Å². The number of aromatic nitrogens is 1. The monoisotopic (exact) mass is 245 g/mol. The van der Waals surface area contributed by atoms with Crippen LogP contribution in [0.1, 0.15) is 10.5 Å². The molecule has 0 saturated heterocycles. The fourth-order valence-corrected chi connectivity index (χ4v) is 1.69. The van der Waals surface area contributed by atoms with Crippen molar-refractivity contribution in [2.24, 2.45) is 7.05 Å². The number of carbonyl (C=O) groups is 1. The van der Waals surface area contributed by atoms with Crippen molar-refractivity contribution in [3.63, 3.8) is 0 Å². The van der Waals surface area contributed by atoms with Crippen molar-refractivity contribution in [2.45, 2.75) is 0 Å². The van der Waals surface area contributed by atoms with Crippen LogP contribution in [0.5, 0.6) is 5.75 Å². The number of anilines is 2. The van der Waals surface area contributed by atoms with Crippen molar-refractivity contribution in [1.29, 1.82) is 0 Å². The average Bonchev–Trinajstić information content (AvgIpc) is 2.69. The molecule has 0 spiro atoms. The summed E-state index contributed by atoms with van der Waals surface area (Å²) >= 11 is 0. The van der Waals surface area contributed by atoms with E-state index in [2.05, 4.69) is 5.32 Å². The molecule has 94 valence electrons. The predicted octanol–water partition coefficient (Wildman–Crippen LogP) is 1.87. The van der Waals surface area contributed by atoms with E-state index in [1.165, 1.54) is 0 Å². The van der Waals surface area contributed by atoms with E-state index in [1.807, 2.05) is 0 Å². The number of aryl methyl sites for hydroxylation is 1. The van der Waals surface area contributed by atoms with Gasteiger partial charge in [0.05, 0.1) is 12.8 Å². The number of nitrogens with two attached hydrogens (primary N) is 1. The number of nitrogens with zero attached hydrogens (tertiary/aromatic N) is 1. The number of methoxy groups -OCH3 is 1. The molecule has 1 heterocycles. The lowest BCUT2D eigenvalue weighted by molar-refractivity contribution is 0.101. The minimum absolute atomic E-state index is 0.195. The zero-order valence-electron chi connectivity index (χ0n) is 10.3. The predicted molar refractivity (Wildman–Crippen MR) is 70.8 cm³/mol. The lowest BCUT2D eigenvalue weighted by Crippen LogP contribution is -2.15. The first-order valence-corrected chi connectivity index (χ1v) is 5.47. The van der Waals surface area contributed by atoms with Gasteiger partial charge in [0.2, 0.25) is 0 Å². The maximum atomic E-state index is 12.0. The van der Waals surface area contributed by atoms with E-state index >= 15 is 0 Å². The van der Waals surface area contributed by atoms with Crippen molar-refractivity contribution >= 4 is 17.3 Å². The first kappa shape index (κ1) is 12.0. The Morgan fingerprint density at radius 1 is 1.33 bits per heavy atom. The summed E-state index contributed by atoms with van der Waals surface area (Å²) in [6, 6.07) is 8.77. The molecule has 0 aliphatic carbocycles. The van der Waals surface area contributed by atoms with Crippen LogP contribution in [0.4, 0.5) is 11.4 Å². The Kier molecular flexibility index (Phi) is 3.23. The van der Waals surface area contributed by atoms with Crippen LogP contribution in [0.3, 0.4) is 0 Å². The molecule has 1 aromatic carbocycles. The standard InChI is InChI=1S/C13H15N3O2/c1-16-8-9(14)7-12(16)13(17)15-10-3-5-11(18-2)6-4-10/h3-8H,14H2,1-2H3,(H,15,17). The maximum Gasteiger partial charge on any atom is 0.272 e. The average molecular weight is 245 g/mol. The second-order valence-corrected chi connectivity index (χ2v) is 3.95. The largest absolute Gasteiger partial charge is 0.497 e. The first-order valence-electron chi connectivity index (χ1n) is 5.47. The summed E-state index contributed by atoms with van der Waals surface area (Å²) in [5, 5.41) is 2.79. The van der Waals surface area contributed by atoms with Gasteiger partial charge in [-0.1, -0.05) is 0 Å². The number of amides is 1. The molecule has 0 aliphatic rings. The smallest absolute Gasteiger partial charge is 0.272 e. The molecule has 5 heteroatoms. The van der Waals surface area contributed by atoms with E-state index < -0.39 is 0 Å². The summed E-state index contributed by atoms with van der Waals surface area (Å²) in [4.78, 5) is 12.0. The van der Waals surface area contributed by atoms with Gasteiger partial charge in [-0.05, 0) is 30.3 Å². The third-order valence-corrected chi connectivity index (χ3v) is 2.61. The lowest BCUT2D eigenvalue weighted by Gasteiger charge is -2.06. The molecular formula is C13H15N3O2. The number of hydrogen-bond acceptors (Lipinski definition) is 3. The highest BCUT2D eigenvalue weighted by Crippen LogP contribution is 2.16. The van der Waals surface area contributed by atoms with Crippen LogP contribution in [-0.2, 0) is 7.05 Å². The normalized spacial score (nSPS) is 10.1. The zero-order chi connectivity index (χ0) is 13.1. The Morgan fingerprint density at radius 2 is 2.00 bits per heavy atom. The van der Waals surface area contributed by atoms with E-state index in [-0.39, 0.29) is 5.91 Å². The molecular weight excluding hydrogens is 230 g/mol. The van der Waals surface area contributed by atoms with Gasteiger partial charge in [0.1, 0.15) is 11.4 Å². The second kappa shape index (κ2) is 4.83. The number of rotatable bonds is 3. The van der Waals surface area contributed by atoms with Crippen molar-refractivity contribution in [3.05, 3.63) is 42.2 Å². The van der Waals surface area contributed by atoms with Crippen LogP contribution in [-0.4, -0.2) is 17.6 Å². The lowest BCUT2D eigenvalue weighted by atomic mass is 10.3. The van der Waals surface area contributed by atoms with E-state index in [0.29, 0.717) is 17.1 Å². The van der Waals surface area contributed by atoms with Gasteiger partial charge in [0, 0.05) is 18.9 Å². The summed E-state index contributed by atoms with van der Waals surface area (Å²) in [7, 11) is 3.37. The fourth-order valence-electron chi connectivity index (χ4n) is 1.69. The molecule has 0 saturated carbocycles. The molecule has 2 aromatic rings. The third kappa shape index (κ3) is 2.45. The van der Waals surface area contributed by atoms with Gasteiger partial charge in [-0.25, -0.2) is 0 Å². The maximum absolute atomic E-state index is 12.0. The highest BCUT2D eigenvalue weighted by Gasteiger charge is 2.10. The summed E-state index contributed by atoms with van der Waals surface area (Å²) in [5.74, 6) is 0.551. The molecule has 0 radical (unpaired) electrons. The highest BCUT2D eigenvalue weighted by atomic mass is 16.5. The third-order valence-electron chi connectivity index (χ3n) is 2.61. The minimum atomic E-state index is -0.195. The van der Waals surface area contributed by atoms with Crippen LogP contribution in [0.15, 0.2) is 36.5 Å². The Bertz CT molecular complexity index is 558. The molecule has 0 unspecified atom stereocenters. The van der Waals surface area contributed by atoms with E-state index in [9.17, 15) is 4.79 Å². The number of benzene rings is 1. The molecule has 0 atom stereocenters. The molecule has 3 N–H and O–H groups in total. The molecule has 0 aliphatic heterocycles. The molecule has 2 rings (SSSR count). The second-order valence-electron chi connectivity index (χ2n) is 3.95. The van der Waals surface area contributed by atoms with Gasteiger partial charge in [-0.2, -0.15) is 0 Å². The quantitative estimate of drug-likeness (QED) is 0.867. The number of carbonyl (C=O) groups excluding carboxylic acids is 1. The molecule has 1 amide bonds. The zero-order valence-corrected chi connectivity index (χ0v) is 10.3. The van der Waals surface area contributed by atoms with Crippen LogP contribution < -0.4 is 15.8 Å². The summed E-state index contributed by atoms with van der Waals surface area (Å²) in [6.45, 7) is 0. The van der Waals surface area contributed by atoms with Gasteiger partial charge in [-0.3, -0.25) is 4.79 Å². The van der Waals surface area contributed by atoms with Crippen LogP contribution in [0.2, 0.25) is 0 Å². The van der Waals surface area contributed by atoms with Crippen molar-refractivity contribution in [1.82, 2.24) is 4.57 Å². The van der Waals surface area contributed by atoms with Gasteiger partial charge >= 0.3 is 0 Å². The molecule has 0 bridgehead atoms. The van der Waals surface area contributed by atoms with Crippen LogP contribution in [0.25, 0.3) is 0 Å². The Labute approximate surface area is 105 Å². The van der Waals surface area contributed by atoms with Crippen molar-refractivity contribution in [2.75, 3.05) is 18.2 Å². The SMILES string of the molecule is COc1ccc(NC(=O)c2cc(N)cn2C)cc1. The number of nitrogen functional groups attached to an aromatic ring is 1. The molecule has 5 nitrogen and oxygen atoms in total. The Hall–Kier alpha value is -2.43. The van der Waals surface area contributed by atoms with Gasteiger partial charge in [-0.15, -0.1) is 0 Å². The van der Waals surface area contributed by atoms with Gasteiger partial charge < -0.3 is 20.4 Å². The number of ether oxygens (including phenoxy) is 1. The number of hydrogen-bond donors (Lipinski definition) is 2. The molecule has 1 aromatic heterocycles. The van der Waals surface area contributed by atoms with E-state index in [4.69, 9.17) is 10.5 Å². The highest BCUT2D eigenvalue weighted by molar-refractivity contribution is 6.03. The van der Waals surface area contributed by atoms with E-state index in [1.54, 1.807) is 55.3 Å². The Balaban J connectivity index is 2.13. The van der Waals surface area contributed by atoms with Crippen LogP contribution in [0, 0.1) is 0 Å². The fraction of sp³-hybridized carbons (Fsp3) is 0.154. The molecule has 0 fully saturated rings. The molecule has 18 heavy (non-hydrogen) atoms. The summed E-state index contributed by atoms with van der Waals surface area (Å²) in [6.07, 6.45) is 1.70. The van der Waals surface area contributed by atoms with Crippen molar-refractivity contribution in [3.8, 4) is 5.75 Å². The van der Waals surface area contributed by atoms with Gasteiger partial charge in [0.15, 0.2) is 0 Å². The van der Waals surface area contributed by atoms with E-state index in [0.717, 1.165) is 5.75 Å². The summed E-state index contributed by atoms with van der Waals surface area (Å²) in [5.41, 5.74) is 7.42. The summed E-state index contributed by atoms with van der Waals surface area (Å²) < 4.78 is 6.74. The number of nitrogens with one attached hydrogen (secondary N) is 1. The Morgan fingerprint density at radius 3 is 2.50 bits per heavy atom. The first-order chi connectivity index (χ1) is 8.60. The van der Waals surface area contributed by atoms with Gasteiger partial charge in [0.25, 0.3) is 5.91 Å². The van der Waals surface area contributed by atoms with Crippen molar-refractivity contribution < 1.29 is 9.53 Å². The minimum Gasteiger partial charge on any atom is -0.497 e. The topological polar surface area (TPSA) is 69.3 Å².